The number of thiazole rings is 1. The third kappa shape index (κ3) is 5.00. The van der Waals surface area contributed by atoms with Gasteiger partial charge in [0, 0.05) is 16.5 Å². The maximum atomic E-state index is 12.5. The van der Waals surface area contributed by atoms with E-state index in [1.165, 1.54) is 24.5 Å². The molecule has 29 heavy (non-hydrogen) atoms. The molecule has 0 unspecified atom stereocenters. The van der Waals surface area contributed by atoms with E-state index in [0.29, 0.717) is 23.1 Å². The van der Waals surface area contributed by atoms with E-state index < -0.39 is 5.91 Å². The summed E-state index contributed by atoms with van der Waals surface area (Å²) in [7, 11) is 1.54. The van der Waals surface area contributed by atoms with Crippen LogP contribution in [-0.2, 0) is 4.79 Å². The Hall–Kier alpha value is -3.63. The Kier molecular flexibility index (Phi) is 6.61. The number of nitrogens with zero attached hydrogens (tertiary/aromatic N) is 2. The van der Waals surface area contributed by atoms with Crippen LogP contribution in [0.5, 0.6) is 11.5 Å². The number of carbonyl (C=O) groups is 1. The molecule has 0 atom stereocenters. The highest BCUT2D eigenvalue weighted by Gasteiger charge is 2.13. The Morgan fingerprint density at radius 3 is 2.69 bits per heavy atom. The molecule has 146 valence electrons. The van der Waals surface area contributed by atoms with Crippen molar-refractivity contribution in [3.05, 3.63) is 65.0 Å². The number of benzene rings is 2. The molecule has 0 saturated heterocycles. The molecule has 0 aliphatic carbocycles. The molecule has 0 spiro atoms. The largest absolute Gasteiger partial charge is 0.496 e. The molecule has 0 aliphatic rings. The van der Waals surface area contributed by atoms with Gasteiger partial charge in [0.15, 0.2) is 5.13 Å². The van der Waals surface area contributed by atoms with Gasteiger partial charge in [-0.15, -0.1) is 11.3 Å². The van der Waals surface area contributed by atoms with E-state index in [4.69, 9.17) is 9.47 Å². The number of methoxy groups -OCH3 is 1. The monoisotopic (exact) mass is 405 g/mol. The summed E-state index contributed by atoms with van der Waals surface area (Å²) in [6.45, 7) is 2.54. The van der Waals surface area contributed by atoms with E-state index in [9.17, 15) is 10.1 Å². The topological polar surface area (TPSA) is 84.2 Å². The maximum Gasteiger partial charge on any atom is 0.268 e. The smallest absolute Gasteiger partial charge is 0.268 e. The number of amides is 1. The van der Waals surface area contributed by atoms with Crippen molar-refractivity contribution in [1.82, 2.24) is 4.98 Å². The molecule has 1 aromatic heterocycles. The van der Waals surface area contributed by atoms with E-state index in [1.807, 2.05) is 54.8 Å². The highest BCUT2D eigenvalue weighted by atomic mass is 32.1. The Balaban J connectivity index is 1.75. The zero-order chi connectivity index (χ0) is 20.6. The molecule has 1 N–H and O–H groups in total. The summed E-state index contributed by atoms with van der Waals surface area (Å²) >= 11 is 1.29. The molecular formula is C22H19N3O3S. The summed E-state index contributed by atoms with van der Waals surface area (Å²) in [4.78, 5) is 17.0. The van der Waals surface area contributed by atoms with Crippen molar-refractivity contribution in [3.63, 3.8) is 0 Å². The summed E-state index contributed by atoms with van der Waals surface area (Å²) in [5.74, 6) is 0.853. The minimum absolute atomic E-state index is 0.0349. The number of hydrogen-bond acceptors (Lipinski definition) is 6. The first-order chi connectivity index (χ1) is 14.1. The van der Waals surface area contributed by atoms with Crippen LogP contribution in [0.3, 0.4) is 0 Å². The number of para-hydroxylation sites is 1. The molecule has 0 radical (unpaired) electrons. The van der Waals surface area contributed by atoms with Crippen LogP contribution in [0.2, 0.25) is 0 Å². The minimum Gasteiger partial charge on any atom is -0.496 e. The second-order valence-electron chi connectivity index (χ2n) is 5.86. The van der Waals surface area contributed by atoms with Crippen LogP contribution >= 0.6 is 11.3 Å². The van der Waals surface area contributed by atoms with Crippen LogP contribution in [0.25, 0.3) is 17.3 Å². The summed E-state index contributed by atoms with van der Waals surface area (Å²) < 4.78 is 10.7. The van der Waals surface area contributed by atoms with Crippen molar-refractivity contribution in [1.29, 1.82) is 5.26 Å². The fraction of sp³-hybridized carbons (Fsp3) is 0.136. The predicted octanol–water partition coefficient (Wildman–Crippen LogP) is 4.76. The molecule has 2 aromatic carbocycles. The fourth-order valence-corrected chi connectivity index (χ4v) is 3.32. The van der Waals surface area contributed by atoms with Crippen LogP contribution in [0, 0.1) is 11.3 Å². The Labute approximate surface area is 173 Å². The first-order valence-electron chi connectivity index (χ1n) is 8.89. The van der Waals surface area contributed by atoms with Crippen LogP contribution in [0.15, 0.2) is 59.5 Å². The molecule has 0 aliphatic heterocycles. The maximum absolute atomic E-state index is 12.5. The molecule has 7 heteroatoms. The van der Waals surface area contributed by atoms with Gasteiger partial charge < -0.3 is 9.47 Å². The normalized spacial score (nSPS) is 10.9. The third-order valence-electron chi connectivity index (χ3n) is 3.99. The molecule has 0 fully saturated rings. The second-order valence-corrected chi connectivity index (χ2v) is 6.72. The molecule has 3 aromatic rings. The highest BCUT2D eigenvalue weighted by Crippen LogP contribution is 2.27. The summed E-state index contributed by atoms with van der Waals surface area (Å²) in [6.07, 6.45) is 1.50. The molecule has 1 heterocycles. The molecule has 3 rings (SSSR count). The number of hydrogen-bond donors (Lipinski definition) is 1. The van der Waals surface area contributed by atoms with Gasteiger partial charge in [-0.05, 0) is 43.3 Å². The van der Waals surface area contributed by atoms with Crippen molar-refractivity contribution >= 4 is 28.5 Å². The van der Waals surface area contributed by atoms with Crippen molar-refractivity contribution in [2.75, 3.05) is 19.0 Å². The lowest BCUT2D eigenvalue weighted by Gasteiger charge is -2.05. The zero-order valence-electron chi connectivity index (χ0n) is 16.0. The Bertz CT molecular complexity index is 1070. The van der Waals surface area contributed by atoms with Gasteiger partial charge in [0.1, 0.15) is 23.1 Å². The number of aromatic nitrogens is 1. The molecular weight excluding hydrogens is 386 g/mol. The van der Waals surface area contributed by atoms with Crippen LogP contribution in [-0.4, -0.2) is 24.6 Å². The van der Waals surface area contributed by atoms with Crippen molar-refractivity contribution in [2.45, 2.75) is 6.92 Å². The molecule has 6 nitrogen and oxygen atoms in total. The summed E-state index contributed by atoms with van der Waals surface area (Å²) in [5, 5.41) is 14.4. The first-order valence-corrected chi connectivity index (χ1v) is 9.77. The quantitative estimate of drug-likeness (QED) is 0.452. The number of nitrogens with one attached hydrogen (secondary N) is 1. The van der Waals surface area contributed by atoms with Gasteiger partial charge >= 0.3 is 0 Å². The van der Waals surface area contributed by atoms with Gasteiger partial charge in [0.2, 0.25) is 0 Å². The highest BCUT2D eigenvalue weighted by molar-refractivity contribution is 7.14. The number of ether oxygens (including phenoxy) is 2. The average molecular weight is 405 g/mol. The van der Waals surface area contributed by atoms with E-state index in [2.05, 4.69) is 10.3 Å². The van der Waals surface area contributed by atoms with E-state index in [-0.39, 0.29) is 5.57 Å². The summed E-state index contributed by atoms with van der Waals surface area (Å²) in [6, 6.07) is 16.7. The van der Waals surface area contributed by atoms with Gasteiger partial charge in [0.05, 0.1) is 19.4 Å². The number of carbonyl (C=O) groups excluding carboxylic acids is 1. The van der Waals surface area contributed by atoms with Crippen LogP contribution < -0.4 is 14.8 Å². The third-order valence-corrected chi connectivity index (χ3v) is 4.75. The number of nitriles is 1. The Morgan fingerprint density at radius 1 is 1.24 bits per heavy atom. The fourth-order valence-electron chi connectivity index (χ4n) is 2.61. The second kappa shape index (κ2) is 9.53. The van der Waals surface area contributed by atoms with Crippen molar-refractivity contribution in [3.8, 4) is 28.8 Å². The summed E-state index contributed by atoms with van der Waals surface area (Å²) in [5.41, 5.74) is 2.26. The number of rotatable bonds is 7. The van der Waals surface area contributed by atoms with E-state index >= 15 is 0 Å². The zero-order valence-corrected chi connectivity index (χ0v) is 16.8. The van der Waals surface area contributed by atoms with E-state index in [0.717, 1.165) is 17.0 Å². The van der Waals surface area contributed by atoms with Crippen molar-refractivity contribution in [2.24, 2.45) is 0 Å². The van der Waals surface area contributed by atoms with Crippen molar-refractivity contribution < 1.29 is 14.3 Å². The lowest BCUT2D eigenvalue weighted by atomic mass is 10.1. The van der Waals surface area contributed by atoms with Gasteiger partial charge in [-0.2, -0.15) is 5.26 Å². The SMILES string of the molecule is CCOc1ccc(-c2csc(NC(=O)/C(C#N)=C/c3ccccc3OC)n2)cc1. The molecule has 1 amide bonds. The lowest BCUT2D eigenvalue weighted by molar-refractivity contribution is -0.112. The standard InChI is InChI=1S/C22H19N3O3S/c1-3-28-18-10-8-15(9-11-18)19-14-29-22(24-19)25-21(26)17(13-23)12-16-6-4-5-7-20(16)27-2/h4-12,14H,3H2,1-2H3,(H,24,25,26)/b17-12+. The number of anilines is 1. The van der Waals surface area contributed by atoms with Gasteiger partial charge in [-0.3, -0.25) is 10.1 Å². The molecule has 0 bridgehead atoms. The first kappa shape index (κ1) is 20.1. The predicted molar refractivity (Wildman–Crippen MR) is 114 cm³/mol. The lowest BCUT2D eigenvalue weighted by Crippen LogP contribution is -2.13. The van der Waals surface area contributed by atoms with Gasteiger partial charge in [-0.25, -0.2) is 4.98 Å². The van der Waals surface area contributed by atoms with Gasteiger partial charge in [0.25, 0.3) is 5.91 Å². The molecule has 0 saturated carbocycles. The van der Waals surface area contributed by atoms with Gasteiger partial charge in [-0.1, -0.05) is 18.2 Å². The van der Waals surface area contributed by atoms with Crippen LogP contribution in [0.4, 0.5) is 5.13 Å². The minimum atomic E-state index is -0.522. The Morgan fingerprint density at radius 2 is 2.00 bits per heavy atom. The average Bonchev–Trinajstić information content (AvgIpc) is 3.21. The van der Waals surface area contributed by atoms with E-state index in [1.54, 1.807) is 12.1 Å². The van der Waals surface area contributed by atoms with Crippen LogP contribution in [0.1, 0.15) is 12.5 Å².